The Kier molecular flexibility index (Phi) is 5.57. The van der Waals surface area contributed by atoms with Crippen molar-refractivity contribution in [3.05, 3.63) is 30.3 Å². The second-order valence-corrected chi connectivity index (χ2v) is 5.17. The van der Waals surface area contributed by atoms with E-state index in [1.165, 1.54) is 5.69 Å². The summed E-state index contributed by atoms with van der Waals surface area (Å²) in [6.45, 7) is 1.68. The number of rotatable bonds is 5. The lowest BCUT2D eigenvalue weighted by molar-refractivity contribution is -0.125. The Morgan fingerprint density at radius 1 is 1.24 bits per heavy atom. The van der Waals surface area contributed by atoms with E-state index in [0.29, 0.717) is 0 Å². The lowest BCUT2D eigenvalue weighted by atomic mass is 10.0. The number of benzene rings is 1. The number of para-hydroxylation sites is 1. The number of nitrogens with zero attached hydrogens (tertiary/aromatic N) is 1. The molecule has 2 amide bonds. The van der Waals surface area contributed by atoms with Crippen molar-refractivity contribution in [1.29, 1.82) is 0 Å². The molecule has 1 fully saturated rings. The monoisotopic (exact) mass is 290 g/mol. The quantitative estimate of drug-likeness (QED) is 0.703. The van der Waals surface area contributed by atoms with Gasteiger partial charge in [-0.3, -0.25) is 9.59 Å². The Labute approximate surface area is 124 Å². The van der Waals surface area contributed by atoms with E-state index >= 15 is 0 Å². The Bertz CT molecular complexity index is 478. The molecule has 4 N–H and O–H groups in total. The van der Waals surface area contributed by atoms with E-state index in [9.17, 15) is 9.59 Å². The lowest BCUT2D eigenvalue weighted by Crippen LogP contribution is -2.50. The number of carbonyl (C=O) groups excluding carboxylic acids is 2. The minimum atomic E-state index is -0.320. The predicted molar refractivity (Wildman–Crippen MR) is 81.9 cm³/mol. The van der Waals surface area contributed by atoms with Crippen LogP contribution in [0.25, 0.3) is 0 Å². The van der Waals surface area contributed by atoms with Crippen molar-refractivity contribution in [1.82, 2.24) is 10.6 Å². The van der Waals surface area contributed by atoms with E-state index in [4.69, 9.17) is 5.73 Å². The molecule has 1 aromatic rings. The van der Waals surface area contributed by atoms with Crippen LogP contribution in [0.4, 0.5) is 5.69 Å². The average Bonchev–Trinajstić information content (AvgIpc) is 2.53. The van der Waals surface area contributed by atoms with Gasteiger partial charge in [-0.1, -0.05) is 18.2 Å². The number of amides is 2. The third-order valence-electron chi connectivity index (χ3n) is 3.54. The Morgan fingerprint density at radius 3 is 2.71 bits per heavy atom. The molecule has 1 aromatic carbocycles. The first-order chi connectivity index (χ1) is 10.2. The summed E-state index contributed by atoms with van der Waals surface area (Å²) in [4.78, 5) is 25.1. The Balaban J connectivity index is 1.81. The summed E-state index contributed by atoms with van der Waals surface area (Å²) < 4.78 is 0. The molecule has 1 aliphatic rings. The predicted octanol–water partition coefficient (Wildman–Crippen LogP) is -0.153. The largest absolute Gasteiger partial charge is 0.369 e. The topological polar surface area (TPSA) is 87.5 Å². The van der Waals surface area contributed by atoms with Crippen LogP contribution in [-0.4, -0.2) is 44.0 Å². The van der Waals surface area contributed by atoms with Crippen LogP contribution in [0.15, 0.2) is 30.3 Å². The van der Waals surface area contributed by atoms with Gasteiger partial charge in [0.2, 0.25) is 11.8 Å². The second kappa shape index (κ2) is 7.64. The number of nitrogens with one attached hydrogen (secondary N) is 2. The van der Waals surface area contributed by atoms with Gasteiger partial charge in [-0.25, -0.2) is 0 Å². The van der Waals surface area contributed by atoms with E-state index in [1.807, 2.05) is 18.2 Å². The minimum Gasteiger partial charge on any atom is -0.369 e. The van der Waals surface area contributed by atoms with Crippen molar-refractivity contribution in [3.63, 3.8) is 0 Å². The van der Waals surface area contributed by atoms with Crippen LogP contribution in [0.1, 0.15) is 12.8 Å². The van der Waals surface area contributed by atoms with E-state index in [0.717, 1.165) is 25.9 Å². The zero-order valence-electron chi connectivity index (χ0n) is 12.0. The molecule has 0 spiro atoms. The summed E-state index contributed by atoms with van der Waals surface area (Å²) in [7, 11) is 0. The average molecular weight is 290 g/mol. The van der Waals surface area contributed by atoms with Gasteiger partial charge in [0.25, 0.3) is 0 Å². The molecule has 0 aromatic heterocycles. The summed E-state index contributed by atoms with van der Waals surface area (Å²) in [5.74, 6) is -0.489. The molecule has 0 bridgehead atoms. The van der Waals surface area contributed by atoms with Gasteiger partial charge in [-0.15, -0.1) is 0 Å². The van der Waals surface area contributed by atoms with Gasteiger partial charge >= 0.3 is 0 Å². The molecule has 1 saturated heterocycles. The first-order valence-electron chi connectivity index (χ1n) is 7.25. The summed E-state index contributed by atoms with van der Waals surface area (Å²) in [6, 6.07) is 10.3. The summed E-state index contributed by atoms with van der Waals surface area (Å²) in [5, 5.41) is 5.44. The molecule has 0 aliphatic carbocycles. The highest BCUT2D eigenvalue weighted by molar-refractivity contribution is 5.85. The third-order valence-corrected chi connectivity index (χ3v) is 3.54. The van der Waals surface area contributed by atoms with Crippen LogP contribution in [0, 0.1) is 0 Å². The van der Waals surface area contributed by atoms with Crippen LogP contribution in [0.2, 0.25) is 0 Å². The number of piperidine rings is 1. The van der Waals surface area contributed by atoms with E-state index in [-0.39, 0.29) is 30.9 Å². The van der Waals surface area contributed by atoms with Crippen molar-refractivity contribution in [3.8, 4) is 0 Å². The van der Waals surface area contributed by atoms with Crippen LogP contribution in [0.5, 0.6) is 0 Å². The number of nitrogens with two attached hydrogens (primary N) is 1. The van der Waals surface area contributed by atoms with Crippen molar-refractivity contribution < 1.29 is 9.59 Å². The molecule has 1 atom stereocenters. The summed E-state index contributed by atoms with van der Waals surface area (Å²) in [6.07, 6.45) is 1.99. The lowest BCUT2D eigenvalue weighted by Gasteiger charge is -2.34. The molecule has 1 unspecified atom stereocenters. The smallest absolute Gasteiger partial charge is 0.239 e. The highest BCUT2D eigenvalue weighted by Crippen LogP contribution is 2.19. The van der Waals surface area contributed by atoms with Gasteiger partial charge in [0.15, 0.2) is 0 Å². The first kappa shape index (κ1) is 15.3. The van der Waals surface area contributed by atoms with Crippen molar-refractivity contribution in [2.24, 2.45) is 5.73 Å². The highest BCUT2D eigenvalue weighted by Gasteiger charge is 2.21. The molecule has 1 heterocycles. The molecular formula is C15H22N4O2. The standard InChI is InChI=1S/C15H22N4O2/c16-9-14(20)17-10-15(21)18-12-5-4-8-19(11-12)13-6-2-1-3-7-13/h1-3,6-7,12H,4-5,8-11,16H2,(H,17,20)(H,18,21). The SMILES string of the molecule is NCC(=O)NCC(=O)NC1CCCN(c2ccccc2)C1. The number of carbonyl (C=O) groups is 2. The molecule has 114 valence electrons. The summed E-state index contributed by atoms with van der Waals surface area (Å²) >= 11 is 0. The van der Waals surface area contributed by atoms with Crippen LogP contribution in [0.3, 0.4) is 0 Å². The number of hydrogen-bond donors (Lipinski definition) is 3. The van der Waals surface area contributed by atoms with Gasteiger partial charge < -0.3 is 21.3 Å². The van der Waals surface area contributed by atoms with Crippen molar-refractivity contribution in [2.45, 2.75) is 18.9 Å². The Morgan fingerprint density at radius 2 is 2.00 bits per heavy atom. The van der Waals surface area contributed by atoms with Crippen LogP contribution in [-0.2, 0) is 9.59 Å². The highest BCUT2D eigenvalue weighted by atomic mass is 16.2. The molecule has 21 heavy (non-hydrogen) atoms. The van der Waals surface area contributed by atoms with Crippen molar-refractivity contribution in [2.75, 3.05) is 31.1 Å². The van der Waals surface area contributed by atoms with Crippen molar-refractivity contribution >= 4 is 17.5 Å². The van der Waals surface area contributed by atoms with E-state index in [1.54, 1.807) is 0 Å². The fourth-order valence-electron chi connectivity index (χ4n) is 2.50. The first-order valence-corrected chi connectivity index (χ1v) is 7.25. The Hall–Kier alpha value is -2.08. The van der Waals surface area contributed by atoms with Gasteiger partial charge in [0.1, 0.15) is 0 Å². The van der Waals surface area contributed by atoms with E-state index < -0.39 is 0 Å². The van der Waals surface area contributed by atoms with Gasteiger partial charge in [-0.05, 0) is 25.0 Å². The van der Waals surface area contributed by atoms with Crippen LogP contribution < -0.4 is 21.3 Å². The fraction of sp³-hybridized carbons (Fsp3) is 0.467. The molecule has 1 aliphatic heterocycles. The van der Waals surface area contributed by atoms with E-state index in [2.05, 4.69) is 27.7 Å². The molecule has 2 rings (SSSR count). The van der Waals surface area contributed by atoms with Gasteiger partial charge in [0.05, 0.1) is 13.1 Å². The molecule has 6 nitrogen and oxygen atoms in total. The zero-order chi connectivity index (χ0) is 15.1. The summed E-state index contributed by atoms with van der Waals surface area (Å²) in [5.41, 5.74) is 6.35. The number of anilines is 1. The zero-order valence-corrected chi connectivity index (χ0v) is 12.0. The van der Waals surface area contributed by atoms with Gasteiger partial charge in [0, 0.05) is 24.8 Å². The maximum atomic E-state index is 11.8. The second-order valence-electron chi connectivity index (χ2n) is 5.17. The number of hydrogen-bond acceptors (Lipinski definition) is 4. The normalized spacial score (nSPS) is 18.1. The molecule has 6 heteroatoms. The molecule has 0 radical (unpaired) electrons. The third kappa shape index (κ3) is 4.75. The maximum absolute atomic E-state index is 11.8. The molecule has 0 saturated carbocycles. The van der Waals surface area contributed by atoms with Crippen LogP contribution >= 0.6 is 0 Å². The maximum Gasteiger partial charge on any atom is 0.239 e. The molecular weight excluding hydrogens is 268 g/mol. The fourth-order valence-corrected chi connectivity index (χ4v) is 2.50. The minimum absolute atomic E-state index is 0.0160. The van der Waals surface area contributed by atoms with Gasteiger partial charge in [-0.2, -0.15) is 0 Å².